The van der Waals surface area contributed by atoms with Gasteiger partial charge in [-0.2, -0.15) is 0 Å². The van der Waals surface area contributed by atoms with E-state index < -0.39 is 0 Å². The van der Waals surface area contributed by atoms with Crippen molar-refractivity contribution >= 4 is 15.1 Å². The highest BCUT2D eigenvalue weighted by Gasteiger charge is 2.34. The molecule has 0 aromatic rings. The molecule has 2 nitrogen and oxygen atoms in total. The van der Waals surface area contributed by atoms with Crippen LogP contribution in [-0.4, -0.2) is 17.6 Å². The van der Waals surface area contributed by atoms with E-state index in [1.165, 1.54) is 19.3 Å². The number of hydrogen-bond donors (Lipinski definition) is 1. The molecule has 1 amide bonds. The predicted molar refractivity (Wildman–Crippen MR) is 63.4 cm³/mol. The molecule has 1 saturated carbocycles. The summed E-state index contributed by atoms with van der Waals surface area (Å²) < 4.78 is 0. The fourth-order valence-corrected chi connectivity index (χ4v) is 2.39. The van der Waals surface area contributed by atoms with Gasteiger partial charge < -0.3 is 5.32 Å². The van der Waals surface area contributed by atoms with Gasteiger partial charge in [-0.1, -0.05) is 33.1 Å². The lowest BCUT2D eigenvalue weighted by molar-refractivity contribution is -0.124. The number of nitrogens with one attached hydrogen (secondary N) is 1. The highest BCUT2D eigenvalue weighted by molar-refractivity contribution is 7.21. The molecule has 0 heterocycles. The van der Waals surface area contributed by atoms with Crippen LogP contribution in [0.3, 0.4) is 0 Å². The van der Waals surface area contributed by atoms with E-state index in [4.69, 9.17) is 0 Å². The summed E-state index contributed by atoms with van der Waals surface area (Å²) in [6.45, 7) is 5.04. The Kier molecular flexibility index (Phi) is 4.37. The van der Waals surface area contributed by atoms with Crippen molar-refractivity contribution in [3.63, 3.8) is 0 Å². The van der Waals surface area contributed by atoms with Gasteiger partial charge in [0.1, 0.15) is 0 Å². The molecule has 14 heavy (non-hydrogen) atoms. The topological polar surface area (TPSA) is 29.1 Å². The minimum Gasteiger partial charge on any atom is -0.355 e. The Morgan fingerprint density at radius 1 is 1.36 bits per heavy atom. The summed E-state index contributed by atoms with van der Waals surface area (Å²) in [6.07, 6.45) is 5.73. The van der Waals surface area contributed by atoms with E-state index in [0.717, 1.165) is 19.4 Å². The van der Waals surface area contributed by atoms with E-state index in [2.05, 4.69) is 28.4 Å². The molecule has 0 bridgehead atoms. The Bertz CT molecular complexity index is 197. The molecule has 1 rings (SSSR count). The van der Waals surface area contributed by atoms with Crippen molar-refractivity contribution in [3.05, 3.63) is 0 Å². The molecule has 0 spiro atoms. The van der Waals surface area contributed by atoms with Gasteiger partial charge in [-0.05, 0) is 18.8 Å². The van der Waals surface area contributed by atoms with Crippen LogP contribution in [0.5, 0.6) is 0 Å². The Hall–Kier alpha value is -0.100. The van der Waals surface area contributed by atoms with Crippen LogP contribution in [-0.2, 0) is 4.79 Å². The van der Waals surface area contributed by atoms with Gasteiger partial charge >= 0.3 is 0 Å². The smallest absolute Gasteiger partial charge is 0.230 e. The maximum Gasteiger partial charge on any atom is 0.230 e. The molecule has 1 N–H and O–H groups in total. The van der Waals surface area contributed by atoms with Gasteiger partial charge in [0.05, 0.1) is 5.16 Å². The Labute approximate surface area is 89.4 Å². The first kappa shape index (κ1) is 12.0. The number of carbonyl (C=O) groups excluding carboxylic acids is 1. The third-order valence-corrected chi connectivity index (χ3v) is 3.71. The van der Waals surface area contributed by atoms with Crippen LogP contribution in [0, 0.1) is 5.92 Å². The van der Waals surface area contributed by atoms with Gasteiger partial charge in [0, 0.05) is 6.54 Å². The monoisotopic (exact) mass is 215 g/mol. The fraction of sp³-hybridized carbons (Fsp3) is 0.909. The second kappa shape index (κ2) is 5.11. The van der Waals surface area contributed by atoms with Gasteiger partial charge in [-0.15, -0.1) is 9.24 Å². The molecule has 0 aromatic carbocycles. The van der Waals surface area contributed by atoms with Gasteiger partial charge in [0.2, 0.25) is 5.91 Å². The first-order valence-electron chi connectivity index (χ1n) is 5.62. The van der Waals surface area contributed by atoms with Crippen LogP contribution >= 0.6 is 9.24 Å². The van der Waals surface area contributed by atoms with Crippen molar-refractivity contribution in [1.29, 1.82) is 0 Å². The van der Waals surface area contributed by atoms with Crippen molar-refractivity contribution in [1.82, 2.24) is 5.32 Å². The van der Waals surface area contributed by atoms with Gasteiger partial charge in [-0.25, -0.2) is 0 Å². The zero-order chi connectivity index (χ0) is 10.6. The first-order chi connectivity index (χ1) is 6.54. The number of carbonyl (C=O) groups is 1. The Balaban J connectivity index is 2.41. The molecular weight excluding hydrogens is 193 g/mol. The molecule has 1 fully saturated rings. The summed E-state index contributed by atoms with van der Waals surface area (Å²) in [7, 11) is 2.77. The highest BCUT2D eigenvalue weighted by Crippen LogP contribution is 2.36. The molecule has 0 radical (unpaired) electrons. The summed E-state index contributed by atoms with van der Waals surface area (Å²) >= 11 is 0. The fourth-order valence-electron chi connectivity index (χ4n) is 1.88. The molecule has 0 saturated heterocycles. The van der Waals surface area contributed by atoms with Crippen molar-refractivity contribution in [2.24, 2.45) is 5.92 Å². The summed E-state index contributed by atoms with van der Waals surface area (Å²) in [6, 6.07) is 0. The van der Waals surface area contributed by atoms with Crippen molar-refractivity contribution in [2.75, 3.05) is 6.54 Å². The molecule has 0 aromatic heterocycles. The first-order valence-corrected chi connectivity index (χ1v) is 6.19. The molecule has 1 unspecified atom stereocenters. The lowest BCUT2D eigenvalue weighted by atomic mass is 9.87. The quantitative estimate of drug-likeness (QED) is 0.719. The summed E-state index contributed by atoms with van der Waals surface area (Å²) in [5.74, 6) is 0.770. The molecule has 1 atom stereocenters. The van der Waals surface area contributed by atoms with E-state index in [0.29, 0.717) is 5.92 Å². The number of amides is 1. The summed E-state index contributed by atoms with van der Waals surface area (Å²) in [5, 5.41) is 2.87. The van der Waals surface area contributed by atoms with Gasteiger partial charge in [0.15, 0.2) is 0 Å². The molecule has 1 aliphatic rings. The minimum atomic E-state index is -0.160. The molecule has 3 heteroatoms. The normalized spacial score (nSPS) is 20.9. The van der Waals surface area contributed by atoms with E-state index in [1.807, 2.05) is 0 Å². The van der Waals surface area contributed by atoms with Gasteiger partial charge in [-0.3, -0.25) is 4.79 Å². The van der Waals surface area contributed by atoms with Crippen molar-refractivity contribution in [3.8, 4) is 0 Å². The van der Waals surface area contributed by atoms with E-state index in [-0.39, 0.29) is 11.1 Å². The lowest BCUT2D eigenvalue weighted by Crippen LogP contribution is -2.44. The lowest BCUT2D eigenvalue weighted by Gasteiger charge is -2.32. The maximum atomic E-state index is 11.9. The van der Waals surface area contributed by atoms with Crippen LogP contribution in [0.4, 0.5) is 0 Å². The number of rotatable bonds is 3. The third kappa shape index (κ3) is 3.24. The maximum absolute atomic E-state index is 11.9. The molecule has 0 aliphatic heterocycles. The molecular formula is C11H22NOP. The zero-order valence-electron chi connectivity index (χ0n) is 9.31. The summed E-state index contributed by atoms with van der Waals surface area (Å²) in [4.78, 5) is 11.9. The zero-order valence-corrected chi connectivity index (χ0v) is 10.5. The summed E-state index contributed by atoms with van der Waals surface area (Å²) in [5.41, 5.74) is 0. The van der Waals surface area contributed by atoms with Crippen LogP contribution in [0.15, 0.2) is 0 Å². The van der Waals surface area contributed by atoms with Crippen LogP contribution in [0.2, 0.25) is 0 Å². The van der Waals surface area contributed by atoms with E-state index >= 15 is 0 Å². The van der Waals surface area contributed by atoms with Crippen molar-refractivity contribution < 1.29 is 4.79 Å². The Morgan fingerprint density at radius 3 is 2.43 bits per heavy atom. The third-order valence-electron chi connectivity index (χ3n) is 2.87. The SMILES string of the molecule is CC(C)CNC(=O)C1(P)CCCCC1. The predicted octanol–water partition coefficient (Wildman–Crippen LogP) is 2.34. The van der Waals surface area contributed by atoms with Crippen LogP contribution < -0.4 is 5.32 Å². The van der Waals surface area contributed by atoms with Gasteiger partial charge in [0.25, 0.3) is 0 Å². The minimum absolute atomic E-state index is 0.160. The molecule has 82 valence electrons. The highest BCUT2D eigenvalue weighted by atomic mass is 31.0. The second-order valence-corrected chi connectivity index (χ2v) is 5.93. The number of hydrogen-bond acceptors (Lipinski definition) is 1. The largest absolute Gasteiger partial charge is 0.355 e. The van der Waals surface area contributed by atoms with Crippen LogP contribution in [0.1, 0.15) is 46.0 Å². The second-order valence-electron chi connectivity index (χ2n) is 4.82. The van der Waals surface area contributed by atoms with Crippen LogP contribution in [0.25, 0.3) is 0 Å². The average Bonchev–Trinajstić information content (AvgIpc) is 2.15. The van der Waals surface area contributed by atoms with E-state index in [9.17, 15) is 4.79 Å². The molecule has 1 aliphatic carbocycles. The Morgan fingerprint density at radius 2 is 1.93 bits per heavy atom. The average molecular weight is 215 g/mol. The standard InChI is InChI=1S/C11H22NOP/c1-9(2)8-12-10(13)11(14)6-4-3-5-7-11/h9H,3-8,14H2,1-2H3,(H,12,13). The van der Waals surface area contributed by atoms with Crippen molar-refractivity contribution in [2.45, 2.75) is 51.1 Å². The van der Waals surface area contributed by atoms with E-state index in [1.54, 1.807) is 0 Å².